The van der Waals surface area contributed by atoms with E-state index in [4.69, 9.17) is 23.2 Å². The predicted molar refractivity (Wildman–Crippen MR) is 110 cm³/mol. The molecule has 1 heterocycles. The molecule has 0 amide bonds. The number of likely N-dealkylation sites (tertiary alicyclic amines) is 1. The third-order valence-corrected chi connectivity index (χ3v) is 5.96. The van der Waals surface area contributed by atoms with Gasteiger partial charge in [0.1, 0.15) is 0 Å². The van der Waals surface area contributed by atoms with E-state index in [1.165, 1.54) is 0 Å². The molecule has 0 spiro atoms. The van der Waals surface area contributed by atoms with Crippen molar-refractivity contribution in [1.82, 2.24) is 4.90 Å². The summed E-state index contributed by atoms with van der Waals surface area (Å²) in [5.41, 5.74) is 1.20. The Balaban J connectivity index is 1.47. The van der Waals surface area contributed by atoms with Crippen molar-refractivity contribution in [1.29, 1.82) is 5.26 Å². The smallest absolute Gasteiger partial charge is 0.0920 e. The number of nitriles is 1. The van der Waals surface area contributed by atoms with Gasteiger partial charge in [0.05, 0.1) is 17.6 Å². The fourth-order valence-electron chi connectivity index (χ4n) is 3.72. The largest absolute Gasteiger partial charge is 0.385 e. The van der Waals surface area contributed by atoms with Crippen LogP contribution in [-0.4, -0.2) is 29.6 Å². The molecule has 1 unspecified atom stereocenters. The Bertz CT molecular complexity index is 775. The van der Waals surface area contributed by atoms with Crippen LogP contribution < -0.4 is 0 Å². The number of benzene rings is 2. The monoisotopic (exact) mass is 402 g/mol. The molecule has 0 radical (unpaired) electrons. The molecule has 1 saturated heterocycles. The standard InChI is InChI=1S/C22H24Cl2N2O/c23-20-7-3-17(4-8-20)18(16-25)2-1-13-26-14-11-22(27,12-15-26)19-5-9-21(24)10-6-19/h3-10,18,27H,1-2,11-15H2. The number of hydrogen-bond donors (Lipinski definition) is 1. The van der Waals surface area contributed by atoms with Crippen LogP contribution in [0.25, 0.3) is 0 Å². The number of hydrogen-bond acceptors (Lipinski definition) is 3. The van der Waals surface area contributed by atoms with Crippen molar-refractivity contribution < 1.29 is 5.11 Å². The summed E-state index contributed by atoms with van der Waals surface area (Å²) in [6.45, 7) is 2.66. The molecular weight excluding hydrogens is 379 g/mol. The van der Waals surface area contributed by atoms with Gasteiger partial charge in [0.25, 0.3) is 0 Å². The lowest BCUT2D eigenvalue weighted by atomic mass is 9.84. The molecule has 0 bridgehead atoms. The lowest BCUT2D eigenvalue weighted by Crippen LogP contribution is -2.42. The van der Waals surface area contributed by atoms with E-state index >= 15 is 0 Å². The maximum absolute atomic E-state index is 11.0. The van der Waals surface area contributed by atoms with Gasteiger partial charge in [-0.3, -0.25) is 0 Å². The third-order valence-electron chi connectivity index (χ3n) is 5.46. The molecule has 0 aromatic heterocycles. The predicted octanol–water partition coefficient (Wildman–Crippen LogP) is 5.36. The van der Waals surface area contributed by atoms with Crippen molar-refractivity contribution in [2.24, 2.45) is 0 Å². The van der Waals surface area contributed by atoms with Gasteiger partial charge in [-0.05, 0) is 67.6 Å². The summed E-state index contributed by atoms with van der Waals surface area (Å²) < 4.78 is 0. The summed E-state index contributed by atoms with van der Waals surface area (Å²) >= 11 is 11.9. The van der Waals surface area contributed by atoms with Gasteiger partial charge in [-0.15, -0.1) is 0 Å². The minimum Gasteiger partial charge on any atom is -0.385 e. The number of halogens is 2. The topological polar surface area (TPSA) is 47.3 Å². The van der Waals surface area contributed by atoms with Crippen LogP contribution in [0.4, 0.5) is 0 Å². The van der Waals surface area contributed by atoms with Crippen LogP contribution >= 0.6 is 23.2 Å². The second-order valence-electron chi connectivity index (χ2n) is 7.26. The van der Waals surface area contributed by atoms with Crippen molar-refractivity contribution >= 4 is 23.2 Å². The number of rotatable bonds is 6. The number of piperidine rings is 1. The highest BCUT2D eigenvalue weighted by atomic mass is 35.5. The van der Waals surface area contributed by atoms with Crippen molar-refractivity contribution in [3.05, 3.63) is 69.7 Å². The van der Waals surface area contributed by atoms with E-state index in [1.54, 1.807) is 0 Å². The Kier molecular flexibility index (Phi) is 6.78. The molecule has 1 N–H and O–H groups in total. The van der Waals surface area contributed by atoms with E-state index < -0.39 is 5.60 Å². The molecule has 1 aliphatic heterocycles. The first-order valence-corrected chi connectivity index (χ1v) is 10.1. The van der Waals surface area contributed by atoms with E-state index in [-0.39, 0.29) is 5.92 Å². The highest BCUT2D eigenvalue weighted by molar-refractivity contribution is 6.30. The van der Waals surface area contributed by atoms with Crippen molar-refractivity contribution in [2.75, 3.05) is 19.6 Å². The summed E-state index contributed by atoms with van der Waals surface area (Å²) in [7, 11) is 0. The van der Waals surface area contributed by atoms with Crippen molar-refractivity contribution in [3.8, 4) is 6.07 Å². The lowest BCUT2D eigenvalue weighted by molar-refractivity contribution is -0.0261. The molecule has 1 aliphatic rings. The van der Waals surface area contributed by atoms with Gasteiger partial charge in [0, 0.05) is 23.1 Å². The Hall–Kier alpha value is -1.57. The van der Waals surface area contributed by atoms with Crippen LogP contribution in [0.2, 0.25) is 10.0 Å². The second kappa shape index (κ2) is 9.08. The van der Waals surface area contributed by atoms with E-state index in [2.05, 4.69) is 11.0 Å². The molecular formula is C22H24Cl2N2O. The average molecular weight is 403 g/mol. The zero-order chi connectivity index (χ0) is 19.3. The quantitative estimate of drug-likeness (QED) is 0.706. The molecule has 3 rings (SSSR count). The Morgan fingerprint density at radius 3 is 2.11 bits per heavy atom. The molecule has 142 valence electrons. The molecule has 1 fully saturated rings. The van der Waals surface area contributed by atoms with Crippen LogP contribution in [0.5, 0.6) is 0 Å². The summed E-state index contributed by atoms with van der Waals surface area (Å²) in [6, 6.07) is 17.4. The van der Waals surface area contributed by atoms with Gasteiger partial charge in [-0.25, -0.2) is 0 Å². The maximum Gasteiger partial charge on any atom is 0.0920 e. The highest BCUT2D eigenvalue weighted by Crippen LogP contribution is 2.33. The summed E-state index contributed by atoms with van der Waals surface area (Å²) in [4.78, 5) is 2.38. The normalized spacial score (nSPS) is 18.0. The summed E-state index contributed by atoms with van der Waals surface area (Å²) in [6.07, 6.45) is 3.22. The molecule has 2 aromatic rings. The SMILES string of the molecule is N#CC(CCCN1CCC(O)(c2ccc(Cl)cc2)CC1)c1ccc(Cl)cc1. The fraction of sp³-hybridized carbons (Fsp3) is 0.409. The van der Waals surface area contributed by atoms with Crippen molar-refractivity contribution in [2.45, 2.75) is 37.2 Å². The first-order chi connectivity index (χ1) is 13.0. The molecule has 27 heavy (non-hydrogen) atoms. The number of aliphatic hydroxyl groups is 1. The highest BCUT2D eigenvalue weighted by Gasteiger charge is 2.33. The molecule has 0 aliphatic carbocycles. The van der Waals surface area contributed by atoms with Gasteiger partial charge in [-0.2, -0.15) is 5.26 Å². The number of nitrogens with zero attached hydrogens (tertiary/aromatic N) is 2. The van der Waals surface area contributed by atoms with Crippen LogP contribution in [0.15, 0.2) is 48.5 Å². The van der Waals surface area contributed by atoms with Crippen LogP contribution in [-0.2, 0) is 5.60 Å². The van der Waals surface area contributed by atoms with Crippen LogP contribution in [0.1, 0.15) is 42.7 Å². The average Bonchev–Trinajstić information content (AvgIpc) is 2.68. The Morgan fingerprint density at radius 2 is 1.56 bits per heavy atom. The molecule has 1 atom stereocenters. The summed E-state index contributed by atoms with van der Waals surface area (Å²) in [5.74, 6) is -0.0990. The molecule has 3 nitrogen and oxygen atoms in total. The van der Waals surface area contributed by atoms with Crippen LogP contribution in [0, 0.1) is 11.3 Å². The minimum atomic E-state index is -0.764. The van der Waals surface area contributed by atoms with Crippen molar-refractivity contribution in [3.63, 3.8) is 0 Å². The molecule has 5 heteroatoms. The zero-order valence-corrected chi connectivity index (χ0v) is 16.8. The van der Waals surface area contributed by atoms with Gasteiger partial charge in [0.2, 0.25) is 0 Å². The minimum absolute atomic E-state index is 0.0990. The van der Waals surface area contributed by atoms with Gasteiger partial charge < -0.3 is 10.0 Å². The Labute approximate surface area is 171 Å². The van der Waals surface area contributed by atoms with E-state index in [0.29, 0.717) is 22.9 Å². The van der Waals surface area contributed by atoms with Crippen LogP contribution in [0.3, 0.4) is 0 Å². The van der Waals surface area contributed by atoms with E-state index in [1.807, 2.05) is 48.5 Å². The first-order valence-electron chi connectivity index (χ1n) is 9.36. The zero-order valence-electron chi connectivity index (χ0n) is 15.2. The molecule has 2 aromatic carbocycles. The van der Waals surface area contributed by atoms with E-state index in [9.17, 15) is 10.4 Å². The van der Waals surface area contributed by atoms with Gasteiger partial charge in [0.15, 0.2) is 0 Å². The van der Waals surface area contributed by atoms with E-state index in [0.717, 1.165) is 43.6 Å². The summed E-state index contributed by atoms with van der Waals surface area (Å²) in [5, 5.41) is 21.8. The lowest BCUT2D eigenvalue weighted by Gasteiger charge is -2.38. The van der Waals surface area contributed by atoms with Gasteiger partial charge >= 0.3 is 0 Å². The first kappa shape index (κ1) is 20.2. The maximum atomic E-state index is 11.0. The fourth-order valence-corrected chi connectivity index (χ4v) is 3.97. The Morgan fingerprint density at radius 1 is 1.00 bits per heavy atom. The second-order valence-corrected chi connectivity index (χ2v) is 8.13. The third kappa shape index (κ3) is 5.24. The molecule has 0 saturated carbocycles. The van der Waals surface area contributed by atoms with Gasteiger partial charge in [-0.1, -0.05) is 47.5 Å².